The van der Waals surface area contributed by atoms with Gasteiger partial charge in [-0.25, -0.2) is 4.39 Å². The van der Waals surface area contributed by atoms with E-state index in [-0.39, 0.29) is 36.6 Å². The molecule has 2 heterocycles. The lowest BCUT2D eigenvalue weighted by atomic mass is 10.00. The lowest BCUT2D eigenvalue weighted by molar-refractivity contribution is -0.150. The molecule has 0 bridgehead atoms. The zero-order valence-electron chi connectivity index (χ0n) is 15.7. The second-order valence-electron chi connectivity index (χ2n) is 7.13. The molecule has 2 aliphatic rings. The predicted molar refractivity (Wildman–Crippen MR) is 104 cm³/mol. The van der Waals surface area contributed by atoms with Gasteiger partial charge in [0, 0.05) is 25.3 Å². The number of anilines is 1. The molecule has 2 aromatic carbocycles. The van der Waals surface area contributed by atoms with E-state index in [1.54, 1.807) is 4.90 Å². The van der Waals surface area contributed by atoms with E-state index < -0.39 is 12.1 Å². The van der Waals surface area contributed by atoms with Gasteiger partial charge in [-0.3, -0.25) is 19.3 Å². The molecule has 0 spiro atoms. The Morgan fingerprint density at radius 1 is 1.07 bits per heavy atom. The minimum Gasteiger partial charge on any atom is -0.345 e. The number of hydrogen-bond donors (Lipinski definition) is 2. The zero-order chi connectivity index (χ0) is 20.4. The van der Waals surface area contributed by atoms with Gasteiger partial charge >= 0.3 is 0 Å². The Kier molecular flexibility index (Phi) is 5.26. The van der Waals surface area contributed by atoms with Crippen molar-refractivity contribution in [3.05, 3.63) is 66.0 Å². The van der Waals surface area contributed by atoms with Crippen LogP contribution in [0, 0.1) is 5.82 Å². The van der Waals surface area contributed by atoms with E-state index in [2.05, 4.69) is 10.6 Å². The lowest BCUT2D eigenvalue weighted by Gasteiger charge is -2.45. The van der Waals surface area contributed by atoms with Crippen LogP contribution in [0.25, 0.3) is 0 Å². The van der Waals surface area contributed by atoms with Crippen molar-refractivity contribution in [2.75, 3.05) is 31.5 Å². The van der Waals surface area contributed by atoms with Crippen LogP contribution in [0.4, 0.5) is 10.1 Å². The molecule has 2 N–H and O–H groups in total. The molecular formula is C21H21FN4O3. The maximum absolute atomic E-state index is 13.2. The van der Waals surface area contributed by atoms with Crippen LogP contribution < -0.4 is 10.6 Å². The SMILES string of the molecule is O=C(Nc1ccc(F)cc1)C(c1ccccc1)N1CCN2C(=O)CNC(=O)[C@H]2C1. The van der Waals surface area contributed by atoms with E-state index in [1.165, 1.54) is 24.3 Å². The average molecular weight is 396 g/mol. The number of nitrogens with one attached hydrogen (secondary N) is 2. The third kappa shape index (κ3) is 3.97. The largest absolute Gasteiger partial charge is 0.345 e. The third-order valence-electron chi connectivity index (χ3n) is 5.29. The summed E-state index contributed by atoms with van der Waals surface area (Å²) in [5.74, 6) is -0.980. The van der Waals surface area contributed by atoms with Gasteiger partial charge in [0.1, 0.15) is 17.9 Å². The summed E-state index contributed by atoms with van der Waals surface area (Å²) in [4.78, 5) is 41.1. The van der Waals surface area contributed by atoms with Crippen LogP contribution in [0.15, 0.2) is 54.6 Å². The third-order valence-corrected chi connectivity index (χ3v) is 5.29. The summed E-state index contributed by atoms with van der Waals surface area (Å²) < 4.78 is 13.2. The smallest absolute Gasteiger partial charge is 0.246 e. The molecule has 2 aliphatic heterocycles. The van der Waals surface area contributed by atoms with Crippen LogP contribution in [0.1, 0.15) is 11.6 Å². The number of rotatable bonds is 4. The first-order chi connectivity index (χ1) is 14.0. The Labute approximate surface area is 167 Å². The highest BCUT2D eigenvalue weighted by Crippen LogP contribution is 2.27. The van der Waals surface area contributed by atoms with Crippen molar-refractivity contribution < 1.29 is 18.8 Å². The Bertz CT molecular complexity index is 919. The lowest BCUT2D eigenvalue weighted by Crippen LogP contribution is -2.66. The topological polar surface area (TPSA) is 81.8 Å². The second kappa shape index (κ2) is 8.00. The van der Waals surface area contributed by atoms with E-state index in [0.29, 0.717) is 18.8 Å². The molecule has 0 aromatic heterocycles. The molecule has 2 atom stereocenters. The fourth-order valence-electron chi connectivity index (χ4n) is 3.85. The molecular weight excluding hydrogens is 375 g/mol. The molecule has 29 heavy (non-hydrogen) atoms. The summed E-state index contributed by atoms with van der Waals surface area (Å²) in [6.45, 7) is 1.12. The standard InChI is InChI=1S/C21H21FN4O3/c22-15-6-8-16(9-7-15)24-21(29)19(14-4-2-1-3-5-14)25-10-11-26-17(13-25)20(28)23-12-18(26)27/h1-9,17,19H,10-13H2,(H,23,28)(H,24,29)/t17-,19?/m1/s1. The van der Waals surface area contributed by atoms with Gasteiger partial charge in [-0.2, -0.15) is 0 Å². The molecule has 1 unspecified atom stereocenters. The van der Waals surface area contributed by atoms with Crippen LogP contribution >= 0.6 is 0 Å². The van der Waals surface area contributed by atoms with E-state index in [4.69, 9.17) is 0 Å². The highest BCUT2D eigenvalue weighted by Gasteiger charge is 2.42. The van der Waals surface area contributed by atoms with Crippen molar-refractivity contribution in [1.82, 2.24) is 15.1 Å². The van der Waals surface area contributed by atoms with Crippen LogP contribution in [-0.2, 0) is 14.4 Å². The van der Waals surface area contributed by atoms with Gasteiger partial charge in [-0.15, -0.1) is 0 Å². The molecule has 2 aromatic rings. The number of nitrogens with zero attached hydrogens (tertiary/aromatic N) is 2. The molecule has 2 fully saturated rings. The molecule has 0 aliphatic carbocycles. The number of amides is 3. The highest BCUT2D eigenvalue weighted by molar-refractivity contribution is 5.97. The molecule has 150 valence electrons. The Balaban J connectivity index is 1.59. The van der Waals surface area contributed by atoms with Gasteiger partial charge < -0.3 is 15.5 Å². The van der Waals surface area contributed by atoms with Crippen molar-refractivity contribution >= 4 is 23.4 Å². The second-order valence-corrected chi connectivity index (χ2v) is 7.13. The van der Waals surface area contributed by atoms with E-state index in [1.807, 2.05) is 35.2 Å². The number of halogens is 1. The summed E-state index contributed by atoms with van der Waals surface area (Å²) in [5.41, 5.74) is 1.27. The van der Waals surface area contributed by atoms with Gasteiger partial charge in [0.05, 0.1) is 6.54 Å². The normalized spacial score (nSPS) is 20.6. The molecule has 4 rings (SSSR count). The van der Waals surface area contributed by atoms with Crippen molar-refractivity contribution in [1.29, 1.82) is 0 Å². The number of hydrogen-bond acceptors (Lipinski definition) is 4. The Hall–Kier alpha value is -3.26. The van der Waals surface area contributed by atoms with Gasteiger partial charge in [0.25, 0.3) is 0 Å². The quantitative estimate of drug-likeness (QED) is 0.812. The van der Waals surface area contributed by atoms with Gasteiger partial charge in [-0.1, -0.05) is 30.3 Å². The van der Waals surface area contributed by atoms with E-state index in [9.17, 15) is 18.8 Å². The average Bonchev–Trinajstić information content (AvgIpc) is 2.73. The summed E-state index contributed by atoms with van der Waals surface area (Å²) >= 11 is 0. The summed E-state index contributed by atoms with van der Waals surface area (Å²) in [6, 6.07) is 13.6. The van der Waals surface area contributed by atoms with Crippen molar-refractivity contribution in [2.24, 2.45) is 0 Å². The summed E-state index contributed by atoms with van der Waals surface area (Å²) in [5, 5.41) is 5.44. The maximum Gasteiger partial charge on any atom is 0.246 e. The fraction of sp³-hybridized carbons (Fsp3) is 0.286. The monoisotopic (exact) mass is 396 g/mol. The predicted octanol–water partition coefficient (Wildman–Crippen LogP) is 1.15. The number of benzene rings is 2. The molecule has 3 amide bonds. The molecule has 2 saturated heterocycles. The van der Waals surface area contributed by atoms with Gasteiger partial charge in [0.2, 0.25) is 17.7 Å². The first kappa shape index (κ1) is 19.1. The molecule has 0 radical (unpaired) electrons. The number of fused-ring (bicyclic) bond motifs is 1. The van der Waals surface area contributed by atoms with Crippen molar-refractivity contribution in [2.45, 2.75) is 12.1 Å². The minimum absolute atomic E-state index is 0.0164. The number of carbonyl (C=O) groups excluding carboxylic acids is 3. The van der Waals surface area contributed by atoms with Crippen molar-refractivity contribution in [3.63, 3.8) is 0 Å². The maximum atomic E-state index is 13.2. The van der Waals surface area contributed by atoms with Crippen LogP contribution in [0.3, 0.4) is 0 Å². The Morgan fingerprint density at radius 3 is 2.52 bits per heavy atom. The minimum atomic E-state index is -0.645. The fourth-order valence-corrected chi connectivity index (χ4v) is 3.85. The molecule has 8 heteroatoms. The first-order valence-corrected chi connectivity index (χ1v) is 9.45. The number of piperazine rings is 2. The van der Waals surface area contributed by atoms with E-state index in [0.717, 1.165) is 5.56 Å². The summed E-state index contributed by atoms with van der Waals surface area (Å²) in [6.07, 6.45) is 0. The van der Waals surface area contributed by atoms with E-state index >= 15 is 0 Å². The highest BCUT2D eigenvalue weighted by atomic mass is 19.1. The number of carbonyl (C=O) groups is 3. The summed E-state index contributed by atoms with van der Waals surface area (Å²) in [7, 11) is 0. The van der Waals surface area contributed by atoms with Crippen LogP contribution in [0.5, 0.6) is 0 Å². The van der Waals surface area contributed by atoms with Crippen molar-refractivity contribution in [3.8, 4) is 0 Å². The van der Waals surface area contributed by atoms with Gasteiger partial charge in [-0.05, 0) is 29.8 Å². The van der Waals surface area contributed by atoms with Crippen LogP contribution in [-0.4, -0.2) is 59.7 Å². The molecule has 7 nitrogen and oxygen atoms in total. The Morgan fingerprint density at radius 2 is 1.79 bits per heavy atom. The van der Waals surface area contributed by atoms with Crippen LogP contribution in [0.2, 0.25) is 0 Å². The first-order valence-electron chi connectivity index (χ1n) is 9.45. The van der Waals surface area contributed by atoms with Gasteiger partial charge in [0.15, 0.2) is 0 Å². The zero-order valence-corrected chi connectivity index (χ0v) is 15.7. The molecule has 0 saturated carbocycles.